The van der Waals surface area contributed by atoms with E-state index in [2.05, 4.69) is 4.72 Å². The largest absolute Gasteiger partial charge is 0.398 e. The normalized spacial score (nSPS) is 10.9. The van der Waals surface area contributed by atoms with Gasteiger partial charge in [0, 0.05) is 5.69 Å². The lowest BCUT2D eigenvalue weighted by atomic mass is 10.1. The Labute approximate surface area is 124 Å². The molecule has 2 aromatic carbocycles. The van der Waals surface area contributed by atoms with Crippen LogP contribution in [0.25, 0.3) is 0 Å². The zero-order chi connectivity index (χ0) is 15.6. The van der Waals surface area contributed by atoms with Crippen molar-refractivity contribution in [1.82, 2.24) is 0 Å². The minimum Gasteiger partial charge on any atom is -0.398 e. The average Bonchev–Trinajstić information content (AvgIpc) is 2.43. The van der Waals surface area contributed by atoms with Gasteiger partial charge < -0.3 is 5.73 Å². The molecule has 0 fully saturated rings. The summed E-state index contributed by atoms with van der Waals surface area (Å²) < 4.78 is 27.3. The molecule has 6 heteroatoms. The fraction of sp³-hybridized carbons (Fsp3) is 0.133. The molecule has 21 heavy (non-hydrogen) atoms. The highest BCUT2D eigenvalue weighted by Crippen LogP contribution is 2.24. The highest BCUT2D eigenvalue weighted by atomic mass is 32.2. The fourth-order valence-electron chi connectivity index (χ4n) is 1.90. The maximum Gasteiger partial charge on any atom is 0.261 e. The van der Waals surface area contributed by atoms with Gasteiger partial charge in [-0.3, -0.25) is 4.72 Å². The summed E-state index contributed by atoms with van der Waals surface area (Å²) in [7, 11) is -3.72. The number of nitrogens with one attached hydrogen (secondary N) is 1. The SMILES string of the molecule is Cc1cc(S(=O)(=O)Nc2cccc(N)c2C)ccc1C#N. The average molecular weight is 301 g/mol. The van der Waals surface area contributed by atoms with E-state index in [4.69, 9.17) is 11.0 Å². The Morgan fingerprint density at radius 1 is 1.19 bits per heavy atom. The second-order valence-electron chi connectivity index (χ2n) is 4.71. The predicted molar refractivity (Wildman–Crippen MR) is 82.3 cm³/mol. The van der Waals surface area contributed by atoms with Crippen LogP contribution in [0.4, 0.5) is 11.4 Å². The Morgan fingerprint density at radius 3 is 2.52 bits per heavy atom. The van der Waals surface area contributed by atoms with E-state index in [0.29, 0.717) is 28.1 Å². The molecule has 3 N–H and O–H groups in total. The molecule has 0 aliphatic rings. The van der Waals surface area contributed by atoms with Crippen LogP contribution < -0.4 is 10.5 Å². The fourth-order valence-corrected chi connectivity index (χ4v) is 3.10. The van der Waals surface area contributed by atoms with Crippen molar-refractivity contribution in [3.8, 4) is 6.07 Å². The molecule has 0 spiro atoms. The van der Waals surface area contributed by atoms with Gasteiger partial charge in [0.2, 0.25) is 0 Å². The Hall–Kier alpha value is -2.52. The van der Waals surface area contributed by atoms with Crippen molar-refractivity contribution in [1.29, 1.82) is 5.26 Å². The van der Waals surface area contributed by atoms with Crippen molar-refractivity contribution >= 4 is 21.4 Å². The molecule has 0 bridgehead atoms. The smallest absolute Gasteiger partial charge is 0.261 e. The summed E-state index contributed by atoms with van der Waals surface area (Å²) in [5.74, 6) is 0. The van der Waals surface area contributed by atoms with Gasteiger partial charge >= 0.3 is 0 Å². The standard InChI is InChI=1S/C15H15N3O2S/c1-10-8-13(7-6-12(10)9-16)21(19,20)18-15-5-3-4-14(17)11(15)2/h3-8,18H,17H2,1-2H3. The van der Waals surface area contributed by atoms with Gasteiger partial charge in [-0.15, -0.1) is 0 Å². The number of nitrogen functional groups attached to an aromatic ring is 1. The van der Waals surface area contributed by atoms with Gasteiger partial charge in [-0.05, 0) is 55.3 Å². The van der Waals surface area contributed by atoms with Crippen molar-refractivity contribution in [2.45, 2.75) is 18.7 Å². The number of hydrogen-bond acceptors (Lipinski definition) is 4. The lowest BCUT2D eigenvalue weighted by molar-refractivity contribution is 0.601. The number of aryl methyl sites for hydroxylation is 1. The van der Waals surface area contributed by atoms with Crippen molar-refractivity contribution in [2.24, 2.45) is 0 Å². The van der Waals surface area contributed by atoms with E-state index in [-0.39, 0.29) is 4.90 Å². The molecule has 2 aromatic rings. The van der Waals surface area contributed by atoms with E-state index >= 15 is 0 Å². The van der Waals surface area contributed by atoms with Crippen LogP contribution in [0.2, 0.25) is 0 Å². The molecule has 2 rings (SSSR count). The van der Waals surface area contributed by atoms with Gasteiger partial charge in [0.1, 0.15) is 0 Å². The maximum absolute atomic E-state index is 12.4. The van der Waals surface area contributed by atoms with Crippen LogP contribution in [0.3, 0.4) is 0 Å². The lowest BCUT2D eigenvalue weighted by Gasteiger charge is -2.12. The highest BCUT2D eigenvalue weighted by molar-refractivity contribution is 7.92. The first-order valence-electron chi connectivity index (χ1n) is 6.24. The molecular weight excluding hydrogens is 286 g/mol. The van der Waals surface area contributed by atoms with E-state index in [9.17, 15) is 8.42 Å². The number of anilines is 2. The summed E-state index contributed by atoms with van der Waals surface area (Å²) in [6.07, 6.45) is 0. The van der Waals surface area contributed by atoms with Crippen LogP contribution in [0, 0.1) is 25.2 Å². The molecule has 0 aliphatic carbocycles. The Balaban J connectivity index is 2.41. The van der Waals surface area contributed by atoms with Crippen molar-refractivity contribution in [3.63, 3.8) is 0 Å². The van der Waals surface area contributed by atoms with E-state index in [1.54, 1.807) is 32.0 Å². The summed E-state index contributed by atoms with van der Waals surface area (Å²) >= 11 is 0. The molecule has 0 aromatic heterocycles. The number of benzene rings is 2. The van der Waals surface area contributed by atoms with E-state index in [0.717, 1.165) is 0 Å². The number of hydrogen-bond donors (Lipinski definition) is 2. The molecule has 0 heterocycles. The third-order valence-electron chi connectivity index (χ3n) is 3.25. The molecular formula is C15H15N3O2S. The van der Waals surface area contributed by atoms with Crippen molar-refractivity contribution in [3.05, 3.63) is 53.1 Å². The van der Waals surface area contributed by atoms with Crippen LogP contribution in [-0.4, -0.2) is 8.42 Å². The van der Waals surface area contributed by atoms with E-state index in [1.165, 1.54) is 18.2 Å². The van der Waals surface area contributed by atoms with E-state index < -0.39 is 10.0 Å². The van der Waals surface area contributed by atoms with Crippen LogP contribution in [0.5, 0.6) is 0 Å². The highest BCUT2D eigenvalue weighted by Gasteiger charge is 2.16. The van der Waals surface area contributed by atoms with Crippen LogP contribution in [-0.2, 0) is 10.0 Å². The van der Waals surface area contributed by atoms with Gasteiger partial charge in [0.15, 0.2) is 0 Å². The Kier molecular flexibility index (Phi) is 3.87. The number of nitrogens with zero attached hydrogens (tertiary/aromatic N) is 1. The zero-order valence-corrected chi connectivity index (χ0v) is 12.5. The molecule has 0 atom stereocenters. The first-order chi connectivity index (χ1) is 9.85. The van der Waals surface area contributed by atoms with Crippen LogP contribution in [0.1, 0.15) is 16.7 Å². The number of nitrogens with two attached hydrogens (primary N) is 1. The van der Waals surface area contributed by atoms with Gasteiger partial charge in [-0.25, -0.2) is 8.42 Å². The Morgan fingerprint density at radius 2 is 1.90 bits per heavy atom. The van der Waals surface area contributed by atoms with Crippen LogP contribution >= 0.6 is 0 Å². The minimum atomic E-state index is -3.72. The second kappa shape index (κ2) is 5.46. The molecule has 0 saturated heterocycles. The van der Waals surface area contributed by atoms with Gasteiger partial charge in [-0.1, -0.05) is 6.07 Å². The van der Waals surface area contributed by atoms with Gasteiger partial charge in [0.25, 0.3) is 10.0 Å². The number of sulfonamides is 1. The number of rotatable bonds is 3. The maximum atomic E-state index is 12.4. The predicted octanol–water partition coefficient (Wildman–Crippen LogP) is 2.56. The molecule has 0 amide bonds. The first kappa shape index (κ1) is 14.9. The third-order valence-corrected chi connectivity index (χ3v) is 4.61. The van der Waals surface area contributed by atoms with Crippen molar-refractivity contribution < 1.29 is 8.42 Å². The van der Waals surface area contributed by atoms with Gasteiger partial charge in [-0.2, -0.15) is 5.26 Å². The first-order valence-corrected chi connectivity index (χ1v) is 7.72. The summed E-state index contributed by atoms with van der Waals surface area (Å²) in [5, 5.41) is 8.89. The third kappa shape index (κ3) is 2.98. The lowest BCUT2D eigenvalue weighted by Crippen LogP contribution is -2.14. The molecule has 0 aliphatic heterocycles. The number of nitriles is 1. The van der Waals surface area contributed by atoms with E-state index in [1.807, 2.05) is 6.07 Å². The van der Waals surface area contributed by atoms with Gasteiger partial charge in [0.05, 0.1) is 22.2 Å². The summed E-state index contributed by atoms with van der Waals surface area (Å²) in [4.78, 5) is 0.112. The molecule has 0 saturated carbocycles. The van der Waals surface area contributed by atoms with Crippen molar-refractivity contribution in [2.75, 3.05) is 10.5 Å². The molecule has 108 valence electrons. The Bertz CT molecular complexity index is 836. The zero-order valence-electron chi connectivity index (χ0n) is 11.7. The summed E-state index contributed by atoms with van der Waals surface area (Å²) in [6, 6.07) is 11.4. The quantitative estimate of drug-likeness (QED) is 0.851. The monoisotopic (exact) mass is 301 g/mol. The molecule has 5 nitrogen and oxygen atoms in total. The second-order valence-corrected chi connectivity index (χ2v) is 6.40. The summed E-state index contributed by atoms with van der Waals surface area (Å²) in [6.45, 7) is 3.44. The van der Waals surface area contributed by atoms with Crippen LogP contribution in [0.15, 0.2) is 41.3 Å². The molecule has 0 unspecified atom stereocenters. The summed E-state index contributed by atoms with van der Waals surface area (Å²) in [5.41, 5.74) is 8.47. The minimum absolute atomic E-state index is 0.112. The topological polar surface area (TPSA) is 96.0 Å². The molecule has 0 radical (unpaired) electrons.